The van der Waals surface area contributed by atoms with Gasteiger partial charge in [0.05, 0.1) is 16.0 Å². The van der Waals surface area contributed by atoms with Crippen molar-refractivity contribution in [2.75, 3.05) is 13.2 Å². The van der Waals surface area contributed by atoms with Crippen molar-refractivity contribution in [1.29, 1.82) is 0 Å². The van der Waals surface area contributed by atoms with Crippen LogP contribution in [0.1, 0.15) is 19.8 Å². The highest BCUT2D eigenvalue weighted by molar-refractivity contribution is 7.92. The van der Waals surface area contributed by atoms with Crippen LogP contribution < -0.4 is 5.32 Å². The van der Waals surface area contributed by atoms with Gasteiger partial charge in [-0.05, 0) is 38.0 Å². The normalized spacial score (nSPS) is 19.9. The van der Waals surface area contributed by atoms with E-state index in [1.807, 2.05) is 0 Å². The Morgan fingerprint density at radius 3 is 2.86 bits per heavy atom. The topological polar surface area (TPSA) is 72.5 Å². The summed E-state index contributed by atoms with van der Waals surface area (Å²) in [5.41, 5.74) is 0. The summed E-state index contributed by atoms with van der Waals surface area (Å²) in [5.74, 6) is -1.33. The third kappa shape index (κ3) is 3.77. The molecule has 1 heterocycles. The second kappa shape index (κ2) is 6.93. The van der Waals surface area contributed by atoms with Gasteiger partial charge in [0.1, 0.15) is 11.1 Å². The summed E-state index contributed by atoms with van der Waals surface area (Å²) < 4.78 is 43.2. The molecule has 0 bridgehead atoms. The lowest BCUT2D eigenvalue weighted by molar-refractivity contribution is -0.120. The van der Waals surface area contributed by atoms with Crippen LogP contribution in [0.3, 0.4) is 0 Å². The molecule has 2 atom stereocenters. The predicted molar refractivity (Wildman–Crippen MR) is 80.0 cm³/mol. The lowest BCUT2D eigenvalue weighted by atomic mass is 10.2. The monoisotopic (exact) mass is 349 g/mol. The summed E-state index contributed by atoms with van der Waals surface area (Å²) in [5, 5.41) is 0.982. The van der Waals surface area contributed by atoms with Crippen molar-refractivity contribution >= 4 is 27.3 Å². The van der Waals surface area contributed by atoms with E-state index >= 15 is 0 Å². The van der Waals surface area contributed by atoms with Gasteiger partial charge in [-0.15, -0.1) is 0 Å². The number of nitrogens with one attached hydrogen (secondary N) is 1. The number of carbonyl (C=O) groups excluding carboxylic acids is 1. The molecular weight excluding hydrogens is 333 g/mol. The van der Waals surface area contributed by atoms with Crippen LogP contribution in [0, 0.1) is 5.82 Å². The van der Waals surface area contributed by atoms with Gasteiger partial charge < -0.3 is 10.1 Å². The lowest BCUT2D eigenvalue weighted by Crippen LogP contribution is -2.41. The molecule has 1 aromatic carbocycles. The number of hydrogen-bond acceptors (Lipinski definition) is 4. The van der Waals surface area contributed by atoms with Crippen LogP contribution in [0.25, 0.3) is 0 Å². The summed E-state index contributed by atoms with van der Waals surface area (Å²) in [6, 6.07) is 3.07. The smallest absolute Gasteiger partial charge is 0.238 e. The van der Waals surface area contributed by atoms with Gasteiger partial charge in [0, 0.05) is 13.2 Å². The molecule has 122 valence electrons. The molecule has 8 heteroatoms. The molecule has 1 aliphatic rings. The van der Waals surface area contributed by atoms with E-state index in [9.17, 15) is 17.6 Å². The average molecular weight is 350 g/mol. The van der Waals surface area contributed by atoms with E-state index in [0.717, 1.165) is 31.0 Å². The van der Waals surface area contributed by atoms with E-state index < -0.39 is 26.8 Å². The van der Waals surface area contributed by atoms with Gasteiger partial charge in [-0.25, -0.2) is 12.8 Å². The van der Waals surface area contributed by atoms with Crippen molar-refractivity contribution < 1.29 is 22.3 Å². The number of hydrogen-bond donors (Lipinski definition) is 1. The summed E-state index contributed by atoms with van der Waals surface area (Å²) in [7, 11) is -3.93. The van der Waals surface area contributed by atoms with Crippen LogP contribution in [0.2, 0.25) is 5.02 Å². The minimum atomic E-state index is -3.93. The zero-order valence-electron chi connectivity index (χ0n) is 12.0. The van der Waals surface area contributed by atoms with E-state index in [0.29, 0.717) is 6.61 Å². The third-order valence-electron chi connectivity index (χ3n) is 3.58. The van der Waals surface area contributed by atoms with Gasteiger partial charge in [0.2, 0.25) is 5.91 Å². The van der Waals surface area contributed by atoms with E-state index in [2.05, 4.69) is 5.32 Å². The molecule has 5 nitrogen and oxygen atoms in total. The predicted octanol–water partition coefficient (Wildman–Crippen LogP) is 1.94. The molecule has 0 aromatic heterocycles. The van der Waals surface area contributed by atoms with Crippen molar-refractivity contribution in [2.24, 2.45) is 0 Å². The summed E-state index contributed by atoms with van der Waals surface area (Å²) in [6.07, 6.45) is 1.70. The van der Waals surface area contributed by atoms with Crippen LogP contribution in [0.4, 0.5) is 4.39 Å². The number of sulfone groups is 1. The molecule has 0 aliphatic carbocycles. The Morgan fingerprint density at radius 1 is 1.55 bits per heavy atom. The Hall–Kier alpha value is -1.18. The fourth-order valence-corrected chi connectivity index (χ4v) is 3.72. The number of halogens is 2. The quantitative estimate of drug-likeness (QED) is 0.824. The molecule has 1 amide bonds. The number of amides is 1. The molecule has 0 unspecified atom stereocenters. The van der Waals surface area contributed by atoms with Gasteiger partial charge in [-0.1, -0.05) is 11.6 Å². The van der Waals surface area contributed by atoms with Crippen molar-refractivity contribution in [3.05, 3.63) is 29.0 Å². The first-order valence-corrected chi connectivity index (χ1v) is 8.83. The van der Waals surface area contributed by atoms with Crippen molar-refractivity contribution in [1.82, 2.24) is 5.32 Å². The van der Waals surface area contributed by atoms with Crippen LogP contribution >= 0.6 is 11.6 Å². The highest BCUT2D eigenvalue weighted by atomic mass is 35.5. The summed E-state index contributed by atoms with van der Waals surface area (Å²) in [6.45, 7) is 2.22. The van der Waals surface area contributed by atoms with Gasteiger partial charge in [0.15, 0.2) is 9.84 Å². The van der Waals surface area contributed by atoms with E-state index in [1.54, 1.807) is 0 Å². The largest absolute Gasteiger partial charge is 0.376 e. The second-order valence-electron chi connectivity index (χ2n) is 5.14. The number of rotatable bonds is 5. The molecule has 2 rings (SSSR count). The Kier molecular flexibility index (Phi) is 5.41. The molecule has 1 fully saturated rings. The SMILES string of the molecule is C[C@@H](C(=O)NC[C@@H]1CCCO1)S(=O)(=O)c1ccc(F)c(Cl)c1. The maximum Gasteiger partial charge on any atom is 0.238 e. The third-order valence-corrected chi connectivity index (χ3v) is 5.93. The van der Waals surface area contributed by atoms with Crippen LogP contribution in [-0.2, 0) is 19.4 Å². The first kappa shape index (κ1) is 17.2. The van der Waals surface area contributed by atoms with Gasteiger partial charge in [-0.3, -0.25) is 4.79 Å². The van der Waals surface area contributed by atoms with E-state index in [4.69, 9.17) is 16.3 Å². The van der Waals surface area contributed by atoms with Crippen LogP contribution in [-0.4, -0.2) is 38.8 Å². The number of benzene rings is 1. The maximum atomic E-state index is 13.1. The van der Waals surface area contributed by atoms with E-state index in [-0.39, 0.29) is 22.6 Å². The minimum Gasteiger partial charge on any atom is -0.376 e. The zero-order chi connectivity index (χ0) is 16.3. The molecule has 1 aromatic rings. The fraction of sp³-hybridized carbons (Fsp3) is 0.500. The Labute approximate surface area is 133 Å². The molecule has 1 aliphatic heterocycles. The second-order valence-corrected chi connectivity index (χ2v) is 7.82. The van der Waals surface area contributed by atoms with Crippen LogP contribution in [0.15, 0.2) is 23.1 Å². The summed E-state index contributed by atoms with van der Waals surface area (Å²) >= 11 is 5.59. The maximum absolute atomic E-state index is 13.1. The standard InChI is InChI=1S/C14H17ClFNO4S/c1-9(14(18)17-8-10-3-2-6-21-10)22(19,20)11-4-5-13(16)12(15)7-11/h4-5,7,9-10H,2-3,6,8H2,1H3,(H,17,18)/t9-,10-/m0/s1. The molecule has 0 spiro atoms. The average Bonchev–Trinajstić information content (AvgIpc) is 3.00. The Bertz CT molecular complexity index is 659. The van der Waals surface area contributed by atoms with E-state index in [1.165, 1.54) is 6.92 Å². The fourth-order valence-electron chi connectivity index (χ4n) is 2.16. The Balaban J connectivity index is 2.06. The molecule has 22 heavy (non-hydrogen) atoms. The lowest BCUT2D eigenvalue weighted by Gasteiger charge is -2.15. The van der Waals surface area contributed by atoms with Crippen molar-refractivity contribution in [2.45, 2.75) is 36.0 Å². The molecule has 0 radical (unpaired) electrons. The Morgan fingerprint density at radius 2 is 2.27 bits per heavy atom. The van der Waals surface area contributed by atoms with Gasteiger partial charge >= 0.3 is 0 Å². The molecule has 1 saturated heterocycles. The number of carbonyl (C=O) groups is 1. The number of ether oxygens (including phenoxy) is 1. The molecular formula is C14H17ClFNO4S. The van der Waals surface area contributed by atoms with Crippen molar-refractivity contribution in [3.63, 3.8) is 0 Å². The first-order chi connectivity index (χ1) is 10.3. The van der Waals surface area contributed by atoms with Gasteiger partial charge in [0.25, 0.3) is 0 Å². The molecule has 0 saturated carbocycles. The highest BCUT2D eigenvalue weighted by Crippen LogP contribution is 2.22. The molecule has 1 N–H and O–H groups in total. The summed E-state index contributed by atoms with van der Waals surface area (Å²) in [4.78, 5) is 11.8. The zero-order valence-corrected chi connectivity index (χ0v) is 13.6. The van der Waals surface area contributed by atoms with Gasteiger partial charge in [-0.2, -0.15) is 0 Å². The van der Waals surface area contributed by atoms with Crippen molar-refractivity contribution in [3.8, 4) is 0 Å². The first-order valence-electron chi connectivity index (χ1n) is 6.90. The minimum absolute atomic E-state index is 0.0703. The highest BCUT2D eigenvalue weighted by Gasteiger charge is 2.30. The van der Waals surface area contributed by atoms with Crippen LogP contribution in [0.5, 0.6) is 0 Å².